The SMILES string of the molecule is CN(Cc1noc(C2CCCc3n[nH]nc32)n1)S(=O)(=O)c1ccc(F)cc1. The van der Waals surface area contributed by atoms with Gasteiger partial charge in [-0.3, -0.25) is 0 Å². The van der Waals surface area contributed by atoms with Gasteiger partial charge in [-0.15, -0.1) is 0 Å². The van der Waals surface area contributed by atoms with Crippen LogP contribution in [0.5, 0.6) is 0 Å². The van der Waals surface area contributed by atoms with Crippen LogP contribution >= 0.6 is 0 Å². The van der Waals surface area contributed by atoms with Crippen molar-refractivity contribution in [2.45, 2.75) is 36.6 Å². The van der Waals surface area contributed by atoms with Crippen LogP contribution in [0, 0.1) is 5.82 Å². The standard InChI is InChI=1S/C16H17FN6O3S/c1-23(27(24,25)11-7-5-10(17)6-8-11)9-14-18-16(26-21-14)12-3-2-4-13-15(12)20-22-19-13/h5-8,12H,2-4,9H2,1H3,(H,19,20,22). The van der Waals surface area contributed by atoms with Gasteiger partial charge in [0.1, 0.15) is 5.82 Å². The van der Waals surface area contributed by atoms with Gasteiger partial charge < -0.3 is 4.52 Å². The van der Waals surface area contributed by atoms with Crippen molar-refractivity contribution in [3.63, 3.8) is 0 Å². The summed E-state index contributed by atoms with van der Waals surface area (Å²) in [5.41, 5.74) is 1.69. The molecule has 4 rings (SSSR count). The van der Waals surface area contributed by atoms with E-state index in [-0.39, 0.29) is 23.2 Å². The molecule has 0 fully saturated rings. The summed E-state index contributed by atoms with van der Waals surface area (Å²) in [6.07, 6.45) is 2.59. The van der Waals surface area contributed by atoms with Crippen LogP contribution in [0.2, 0.25) is 0 Å². The van der Waals surface area contributed by atoms with Gasteiger partial charge in [0.2, 0.25) is 15.9 Å². The smallest absolute Gasteiger partial charge is 0.243 e. The van der Waals surface area contributed by atoms with E-state index in [4.69, 9.17) is 4.52 Å². The lowest BCUT2D eigenvalue weighted by atomic mass is 9.90. The number of hydrogen-bond donors (Lipinski definition) is 1. The molecule has 27 heavy (non-hydrogen) atoms. The Balaban J connectivity index is 1.52. The Labute approximate surface area is 154 Å². The van der Waals surface area contributed by atoms with Gasteiger partial charge in [-0.25, -0.2) is 12.8 Å². The van der Waals surface area contributed by atoms with Gasteiger partial charge >= 0.3 is 0 Å². The fourth-order valence-electron chi connectivity index (χ4n) is 3.12. The normalized spacial score (nSPS) is 17.2. The lowest BCUT2D eigenvalue weighted by Crippen LogP contribution is -2.27. The lowest BCUT2D eigenvalue weighted by Gasteiger charge is -2.16. The van der Waals surface area contributed by atoms with E-state index in [2.05, 4.69) is 25.6 Å². The van der Waals surface area contributed by atoms with Crippen LogP contribution in [-0.4, -0.2) is 45.3 Å². The average molecular weight is 392 g/mol. The third kappa shape index (κ3) is 3.35. The molecule has 2 heterocycles. The molecule has 2 aromatic heterocycles. The van der Waals surface area contributed by atoms with Crippen LogP contribution < -0.4 is 0 Å². The number of fused-ring (bicyclic) bond motifs is 1. The van der Waals surface area contributed by atoms with E-state index in [0.29, 0.717) is 5.89 Å². The molecule has 11 heteroatoms. The van der Waals surface area contributed by atoms with Gasteiger partial charge in [0.15, 0.2) is 5.82 Å². The van der Waals surface area contributed by atoms with Crippen molar-refractivity contribution < 1.29 is 17.3 Å². The molecule has 0 amide bonds. The topological polar surface area (TPSA) is 118 Å². The van der Waals surface area contributed by atoms with E-state index in [9.17, 15) is 12.8 Å². The van der Waals surface area contributed by atoms with Gasteiger partial charge in [0, 0.05) is 7.05 Å². The molecular weight excluding hydrogens is 375 g/mol. The van der Waals surface area contributed by atoms with Gasteiger partial charge in [-0.1, -0.05) is 5.16 Å². The van der Waals surface area contributed by atoms with Crippen LogP contribution in [-0.2, 0) is 23.0 Å². The molecule has 1 atom stereocenters. The predicted octanol–water partition coefficient (Wildman–Crippen LogP) is 1.62. The highest BCUT2D eigenvalue weighted by molar-refractivity contribution is 7.89. The van der Waals surface area contributed by atoms with Crippen molar-refractivity contribution in [2.24, 2.45) is 0 Å². The second kappa shape index (κ2) is 6.82. The zero-order chi connectivity index (χ0) is 19.0. The molecule has 0 radical (unpaired) electrons. The summed E-state index contributed by atoms with van der Waals surface area (Å²) in [4.78, 5) is 4.34. The molecule has 1 unspecified atom stereocenters. The maximum absolute atomic E-state index is 13.0. The quantitative estimate of drug-likeness (QED) is 0.701. The number of nitrogens with zero attached hydrogens (tertiary/aromatic N) is 5. The summed E-state index contributed by atoms with van der Waals surface area (Å²) >= 11 is 0. The van der Waals surface area contributed by atoms with Gasteiger partial charge in [-0.05, 0) is 43.5 Å². The summed E-state index contributed by atoms with van der Waals surface area (Å²) in [5.74, 6) is -0.00637. The largest absolute Gasteiger partial charge is 0.339 e. The van der Waals surface area contributed by atoms with Crippen molar-refractivity contribution in [1.29, 1.82) is 0 Å². The Morgan fingerprint density at radius 1 is 1.30 bits per heavy atom. The van der Waals surface area contributed by atoms with E-state index in [1.807, 2.05) is 0 Å². The van der Waals surface area contributed by atoms with Crippen molar-refractivity contribution in [1.82, 2.24) is 29.9 Å². The van der Waals surface area contributed by atoms with Crippen molar-refractivity contribution in [3.8, 4) is 0 Å². The summed E-state index contributed by atoms with van der Waals surface area (Å²) in [6.45, 7) is -0.0679. The van der Waals surface area contributed by atoms with Crippen LogP contribution in [0.3, 0.4) is 0 Å². The van der Waals surface area contributed by atoms with Crippen molar-refractivity contribution in [2.75, 3.05) is 7.05 Å². The third-order valence-electron chi connectivity index (χ3n) is 4.56. The molecule has 0 saturated heterocycles. The van der Waals surface area contributed by atoms with E-state index < -0.39 is 15.8 Å². The van der Waals surface area contributed by atoms with E-state index in [1.165, 1.54) is 19.2 Å². The number of benzene rings is 1. The minimum atomic E-state index is -3.79. The van der Waals surface area contributed by atoms with Crippen molar-refractivity contribution >= 4 is 10.0 Å². The van der Waals surface area contributed by atoms with E-state index >= 15 is 0 Å². The van der Waals surface area contributed by atoms with Gasteiger partial charge in [0.25, 0.3) is 0 Å². The molecule has 1 aromatic carbocycles. The molecule has 0 saturated carbocycles. The minimum absolute atomic E-state index is 0.00496. The molecule has 1 aliphatic rings. The highest BCUT2D eigenvalue weighted by Gasteiger charge is 2.30. The molecule has 0 spiro atoms. The summed E-state index contributed by atoms with van der Waals surface area (Å²) in [6, 6.07) is 4.64. The van der Waals surface area contributed by atoms with Crippen LogP contribution in [0.15, 0.2) is 33.7 Å². The maximum Gasteiger partial charge on any atom is 0.243 e. The molecule has 0 bridgehead atoms. The average Bonchev–Trinajstić information content (AvgIpc) is 3.31. The first-order valence-corrected chi connectivity index (χ1v) is 9.83. The number of sulfonamides is 1. The number of aromatic amines is 1. The fraction of sp³-hybridized carbons (Fsp3) is 0.375. The molecule has 0 aliphatic heterocycles. The Morgan fingerprint density at radius 3 is 2.85 bits per heavy atom. The Hall–Kier alpha value is -2.66. The number of nitrogens with one attached hydrogen (secondary N) is 1. The fourth-order valence-corrected chi connectivity index (χ4v) is 4.24. The second-order valence-corrected chi connectivity index (χ2v) is 8.41. The highest BCUT2D eigenvalue weighted by atomic mass is 32.2. The third-order valence-corrected chi connectivity index (χ3v) is 6.37. The monoisotopic (exact) mass is 392 g/mol. The maximum atomic E-state index is 13.0. The molecule has 9 nitrogen and oxygen atoms in total. The van der Waals surface area contributed by atoms with Gasteiger partial charge in [-0.2, -0.15) is 24.7 Å². The number of H-pyrrole nitrogens is 1. The van der Waals surface area contributed by atoms with E-state index in [1.54, 1.807) is 0 Å². The van der Waals surface area contributed by atoms with Gasteiger partial charge in [0.05, 0.1) is 28.7 Å². The summed E-state index contributed by atoms with van der Waals surface area (Å²) in [5, 5.41) is 14.8. The zero-order valence-electron chi connectivity index (χ0n) is 14.5. The van der Waals surface area contributed by atoms with E-state index in [0.717, 1.165) is 47.1 Å². The molecule has 1 aliphatic carbocycles. The van der Waals surface area contributed by atoms with Crippen LogP contribution in [0.25, 0.3) is 0 Å². The first-order valence-electron chi connectivity index (χ1n) is 8.39. The number of aryl methyl sites for hydroxylation is 1. The molecule has 142 valence electrons. The minimum Gasteiger partial charge on any atom is -0.339 e. The highest BCUT2D eigenvalue weighted by Crippen LogP contribution is 2.33. The zero-order valence-corrected chi connectivity index (χ0v) is 15.3. The summed E-state index contributed by atoms with van der Waals surface area (Å²) < 4.78 is 44.6. The Bertz CT molecular complexity index is 1050. The first kappa shape index (κ1) is 17.7. The first-order chi connectivity index (χ1) is 12.9. The number of rotatable bonds is 5. The van der Waals surface area contributed by atoms with Crippen molar-refractivity contribution in [3.05, 3.63) is 53.2 Å². The number of aromatic nitrogens is 5. The van der Waals surface area contributed by atoms with Crippen LogP contribution in [0.4, 0.5) is 4.39 Å². The Morgan fingerprint density at radius 2 is 2.07 bits per heavy atom. The predicted molar refractivity (Wildman–Crippen MR) is 90.5 cm³/mol. The molecule has 1 N–H and O–H groups in total. The molecule has 3 aromatic rings. The number of halogens is 1. The number of hydrogen-bond acceptors (Lipinski definition) is 7. The lowest BCUT2D eigenvalue weighted by molar-refractivity contribution is 0.344. The Kier molecular flexibility index (Phi) is 4.48. The molecular formula is C16H17FN6O3S. The van der Waals surface area contributed by atoms with Crippen LogP contribution in [0.1, 0.15) is 41.9 Å². The second-order valence-electron chi connectivity index (χ2n) is 6.36. The summed E-state index contributed by atoms with van der Waals surface area (Å²) in [7, 11) is -2.38.